The second-order valence-electron chi connectivity index (χ2n) is 3.42. The lowest BCUT2D eigenvalue weighted by Gasteiger charge is -2.13. The van der Waals surface area contributed by atoms with E-state index in [1.54, 1.807) is 12.1 Å². The van der Waals surface area contributed by atoms with Crippen molar-refractivity contribution in [2.75, 3.05) is 0 Å². The van der Waals surface area contributed by atoms with Crippen molar-refractivity contribution < 1.29 is 4.39 Å². The monoisotopic (exact) mass is 353 g/mol. The summed E-state index contributed by atoms with van der Waals surface area (Å²) in [6.07, 6.45) is 0. The Kier molecular flexibility index (Phi) is 4.10. The van der Waals surface area contributed by atoms with Crippen LogP contribution in [0.4, 0.5) is 4.39 Å². The maximum absolute atomic E-state index is 13.2. The lowest BCUT2D eigenvalue weighted by Crippen LogP contribution is -2.12. The van der Waals surface area contributed by atoms with Gasteiger partial charge in [0.1, 0.15) is 5.82 Å². The summed E-state index contributed by atoms with van der Waals surface area (Å²) in [6, 6.07) is 5.57. The molecule has 1 nitrogen and oxygen atoms in total. The van der Waals surface area contributed by atoms with Crippen LogP contribution < -0.4 is 5.73 Å². The smallest absolute Gasteiger partial charge is 0.123 e. The first kappa shape index (κ1) is 13.3. The Labute approximate surface area is 120 Å². The van der Waals surface area contributed by atoms with Crippen LogP contribution in [0.5, 0.6) is 0 Å². The molecule has 2 N–H and O–H groups in total. The molecule has 0 spiro atoms. The molecule has 0 amide bonds. The Balaban J connectivity index is 2.46. The first-order valence-electron chi connectivity index (χ1n) is 4.64. The molecular weight excluding hydrogens is 348 g/mol. The number of thiophene rings is 1. The zero-order valence-corrected chi connectivity index (χ0v) is 12.3. The molecular formula is C11H7BrCl2FNS. The van der Waals surface area contributed by atoms with Gasteiger partial charge in [-0.2, -0.15) is 0 Å². The quantitative estimate of drug-likeness (QED) is 0.806. The highest BCUT2D eigenvalue weighted by atomic mass is 79.9. The SMILES string of the molecule is NC(c1cc(F)ccc1Br)c1cc(Cl)sc1Cl. The van der Waals surface area contributed by atoms with E-state index in [-0.39, 0.29) is 5.82 Å². The van der Waals surface area contributed by atoms with Crippen LogP contribution in [0.2, 0.25) is 8.67 Å². The summed E-state index contributed by atoms with van der Waals surface area (Å²) in [5, 5.41) is 0. The third-order valence-corrected chi connectivity index (χ3v) is 4.55. The van der Waals surface area contributed by atoms with Gasteiger partial charge in [0.25, 0.3) is 0 Å². The maximum atomic E-state index is 13.2. The van der Waals surface area contributed by atoms with E-state index in [2.05, 4.69) is 15.9 Å². The number of halogens is 4. The first-order valence-corrected chi connectivity index (χ1v) is 7.01. The fourth-order valence-corrected chi connectivity index (χ4v) is 3.53. The number of hydrogen-bond donors (Lipinski definition) is 1. The number of nitrogens with two attached hydrogens (primary N) is 1. The summed E-state index contributed by atoms with van der Waals surface area (Å²) < 4.78 is 15.0. The maximum Gasteiger partial charge on any atom is 0.123 e. The summed E-state index contributed by atoms with van der Waals surface area (Å²) in [6.45, 7) is 0. The number of rotatable bonds is 2. The zero-order chi connectivity index (χ0) is 12.6. The molecule has 17 heavy (non-hydrogen) atoms. The minimum atomic E-state index is -0.503. The van der Waals surface area contributed by atoms with Gasteiger partial charge in [0.05, 0.1) is 14.7 Å². The fraction of sp³-hybridized carbons (Fsp3) is 0.0909. The van der Waals surface area contributed by atoms with Gasteiger partial charge in [-0.1, -0.05) is 39.1 Å². The van der Waals surface area contributed by atoms with Crippen molar-refractivity contribution in [1.29, 1.82) is 0 Å². The van der Waals surface area contributed by atoms with Crippen molar-refractivity contribution in [2.45, 2.75) is 6.04 Å². The van der Waals surface area contributed by atoms with E-state index in [1.807, 2.05) is 0 Å². The third kappa shape index (κ3) is 2.83. The van der Waals surface area contributed by atoms with Gasteiger partial charge in [-0.15, -0.1) is 11.3 Å². The van der Waals surface area contributed by atoms with Crippen molar-refractivity contribution >= 4 is 50.5 Å². The van der Waals surface area contributed by atoms with Crippen LogP contribution in [-0.4, -0.2) is 0 Å². The molecule has 0 saturated carbocycles. The zero-order valence-electron chi connectivity index (χ0n) is 8.38. The number of benzene rings is 1. The van der Waals surface area contributed by atoms with Crippen molar-refractivity contribution in [1.82, 2.24) is 0 Å². The van der Waals surface area contributed by atoms with Crippen LogP contribution in [-0.2, 0) is 0 Å². The molecule has 1 aromatic carbocycles. The second-order valence-corrected chi connectivity index (χ2v) is 6.56. The molecule has 0 radical (unpaired) electrons. The van der Waals surface area contributed by atoms with Gasteiger partial charge in [-0.3, -0.25) is 0 Å². The summed E-state index contributed by atoms with van der Waals surface area (Å²) in [5.41, 5.74) is 7.41. The van der Waals surface area contributed by atoms with Gasteiger partial charge in [-0.25, -0.2) is 4.39 Å². The van der Waals surface area contributed by atoms with E-state index in [9.17, 15) is 4.39 Å². The minimum Gasteiger partial charge on any atom is -0.320 e. The largest absolute Gasteiger partial charge is 0.320 e. The molecule has 0 saturated heterocycles. The highest BCUT2D eigenvalue weighted by Gasteiger charge is 2.18. The van der Waals surface area contributed by atoms with Gasteiger partial charge in [0.2, 0.25) is 0 Å². The standard InChI is InChI=1S/C11H7BrCl2FNS/c12-8-2-1-5(15)3-6(8)10(16)7-4-9(13)17-11(7)14/h1-4,10H,16H2. The fourth-order valence-electron chi connectivity index (χ4n) is 1.49. The van der Waals surface area contributed by atoms with Crippen LogP contribution in [0.25, 0.3) is 0 Å². The Hall–Kier alpha value is -0.130. The predicted octanol–water partition coefficient (Wildman–Crippen LogP) is 5.00. The molecule has 1 atom stereocenters. The number of hydrogen-bond acceptors (Lipinski definition) is 2. The molecule has 0 aliphatic carbocycles. The molecule has 1 heterocycles. The second kappa shape index (κ2) is 5.24. The molecule has 0 aliphatic heterocycles. The van der Waals surface area contributed by atoms with Gasteiger partial charge >= 0.3 is 0 Å². The Bertz CT molecular complexity index is 558. The van der Waals surface area contributed by atoms with Crippen LogP contribution in [0.1, 0.15) is 17.2 Å². The normalized spacial score (nSPS) is 12.8. The third-order valence-electron chi connectivity index (χ3n) is 2.31. The molecule has 6 heteroatoms. The molecule has 90 valence electrons. The minimum absolute atomic E-state index is 0.337. The predicted molar refractivity (Wildman–Crippen MR) is 74.5 cm³/mol. The van der Waals surface area contributed by atoms with E-state index in [4.69, 9.17) is 28.9 Å². The highest BCUT2D eigenvalue weighted by Crippen LogP contribution is 2.38. The van der Waals surface area contributed by atoms with Crippen molar-refractivity contribution in [2.24, 2.45) is 5.73 Å². The summed E-state index contributed by atoms with van der Waals surface area (Å²) in [4.78, 5) is 0. The van der Waals surface area contributed by atoms with Crippen LogP contribution >= 0.6 is 50.5 Å². The first-order chi connectivity index (χ1) is 7.99. The topological polar surface area (TPSA) is 26.0 Å². The lowest BCUT2D eigenvalue weighted by molar-refractivity contribution is 0.623. The van der Waals surface area contributed by atoms with E-state index < -0.39 is 6.04 Å². The van der Waals surface area contributed by atoms with E-state index >= 15 is 0 Å². The molecule has 1 unspecified atom stereocenters. The van der Waals surface area contributed by atoms with Crippen LogP contribution in [0, 0.1) is 5.82 Å². The summed E-state index contributed by atoms with van der Waals surface area (Å²) >= 11 is 16.5. The molecule has 1 aromatic heterocycles. The van der Waals surface area contributed by atoms with Gasteiger partial charge < -0.3 is 5.73 Å². The average Bonchev–Trinajstić information content (AvgIpc) is 2.60. The highest BCUT2D eigenvalue weighted by molar-refractivity contribution is 9.10. The van der Waals surface area contributed by atoms with E-state index in [0.717, 1.165) is 4.47 Å². The molecule has 2 rings (SSSR count). The summed E-state index contributed by atoms with van der Waals surface area (Å²) in [5.74, 6) is -0.337. The van der Waals surface area contributed by atoms with Gasteiger partial charge in [0, 0.05) is 10.0 Å². The molecule has 0 fully saturated rings. The van der Waals surface area contributed by atoms with E-state index in [0.29, 0.717) is 19.8 Å². The summed E-state index contributed by atoms with van der Waals surface area (Å²) in [7, 11) is 0. The molecule has 2 aromatic rings. The van der Waals surface area contributed by atoms with E-state index in [1.165, 1.54) is 23.5 Å². The Morgan fingerprint density at radius 3 is 2.53 bits per heavy atom. The van der Waals surface area contributed by atoms with Crippen LogP contribution in [0.15, 0.2) is 28.7 Å². The Morgan fingerprint density at radius 2 is 1.94 bits per heavy atom. The Morgan fingerprint density at radius 1 is 1.24 bits per heavy atom. The van der Waals surface area contributed by atoms with Crippen molar-refractivity contribution in [3.8, 4) is 0 Å². The molecule has 0 aliphatic rings. The van der Waals surface area contributed by atoms with Crippen molar-refractivity contribution in [3.63, 3.8) is 0 Å². The lowest BCUT2D eigenvalue weighted by atomic mass is 10.0. The van der Waals surface area contributed by atoms with Crippen LogP contribution in [0.3, 0.4) is 0 Å². The van der Waals surface area contributed by atoms with Crippen molar-refractivity contribution in [3.05, 3.63) is 54.4 Å². The van der Waals surface area contributed by atoms with Gasteiger partial charge in [0.15, 0.2) is 0 Å². The average molecular weight is 355 g/mol. The van der Waals surface area contributed by atoms with Gasteiger partial charge in [-0.05, 0) is 29.8 Å². The molecule has 0 bridgehead atoms.